The van der Waals surface area contributed by atoms with Crippen molar-refractivity contribution in [3.05, 3.63) is 108 Å². The number of hydrogen-bond acceptors (Lipinski definition) is 4. The molecule has 1 aliphatic rings. The van der Waals surface area contributed by atoms with Crippen molar-refractivity contribution in [1.29, 1.82) is 0 Å². The molecule has 1 aliphatic heterocycles. The van der Waals surface area contributed by atoms with Crippen LogP contribution in [0.2, 0.25) is 0 Å². The summed E-state index contributed by atoms with van der Waals surface area (Å²) in [7, 11) is 0. The summed E-state index contributed by atoms with van der Waals surface area (Å²) < 4.78 is 4.89. The Morgan fingerprint density at radius 3 is 1.78 bits per heavy atom. The summed E-state index contributed by atoms with van der Waals surface area (Å²) >= 11 is 0. The quantitative estimate of drug-likeness (QED) is 0.276. The average Bonchev–Trinajstić information content (AvgIpc) is 2.83. The zero-order chi connectivity index (χ0) is 22.4. The van der Waals surface area contributed by atoms with Crippen molar-refractivity contribution in [2.24, 2.45) is 0 Å². The van der Waals surface area contributed by atoms with Gasteiger partial charge in [0.2, 0.25) is 5.91 Å². The van der Waals surface area contributed by atoms with Crippen molar-refractivity contribution >= 4 is 11.9 Å². The number of carbonyl (C=O) groups excluding carboxylic acids is 2. The van der Waals surface area contributed by atoms with Crippen LogP contribution in [-0.4, -0.2) is 30.6 Å². The average molecular weight is 425 g/mol. The number of hydrogen-bond donors (Lipinski definition) is 2. The van der Waals surface area contributed by atoms with E-state index in [1.54, 1.807) is 0 Å². The van der Waals surface area contributed by atoms with Crippen molar-refractivity contribution in [2.75, 3.05) is 6.61 Å². The van der Waals surface area contributed by atoms with Gasteiger partial charge in [-0.3, -0.25) is 14.9 Å². The van der Waals surface area contributed by atoms with Crippen molar-refractivity contribution < 1.29 is 14.3 Å². The van der Waals surface area contributed by atoms with E-state index in [1.807, 2.05) is 54.6 Å². The molecule has 1 fully saturated rings. The molecule has 0 spiro atoms. The number of β-lactam (4-membered cyclic amide) rings is 1. The first-order valence-electron chi connectivity index (χ1n) is 10.5. The minimum absolute atomic E-state index is 0.00434. The Balaban J connectivity index is 1.78. The van der Waals surface area contributed by atoms with Gasteiger partial charge in [0.1, 0.15) is 12.1 Å². The molecule has 1 saturated heterocycles. The molecule has 3 aromatic carbocycles. The van der Waals surface area contributed by atoms with Crippen LogP contribution in [0.1, 0.15) is 23.6 Å². The zero-order valence-corrected chi connectivity index (χ0v) is 17.7. The molecular formula is C27H24N2O3. The Morgan fingerprint density at radius 2 is 1.38 bits per heavy atom. The van der Waals surface area contributed by atoms with Gasteiger partial charge < -0.3 is 10.1 Å². The second-order valence-corrected chi connectivity index (χ2v) is 7.56. The molecule has 1 amide bonds. The van der Waals surface area contributed by atoms with Crippen LogP contribution < -0.4 is 10.6 Å². The fourth-order valence-electron chi connectivity index (χ4n) is 3.99. The van der Waals surface area contributed by atoms with Crippen molar-refractivity contribution in [1.82, 2.24) is 10.6 Å². The minimum Gasteiger partial charge on any atom is -0.453 e. The second kappa shape index (κ2) is 9.51. The summed E-state index contributed by atoms with van der Waals surface area (Å²) in [6, 6.07) is 29.3. The Kier molecular flexibility index (Phi) is 6.34. The first-order valence-corrected chi connectivity index (χ1v) is 10.5. The lowest BCUT2D eigenvalue weighted by atomic mass is 9.75. The van der Waals surface area contributed by atoms with Gasteiger partial charge in [0.25, 0.3) is 0 Å². The molecule has 0 bridgehead atoms. The number of esters is 1. The van der Waals surface area contributed by atoms with Gasteiger partial charge in [-0.25, -0.2) is 0 Å². The smallest absolute Gasteiger partial charge is 0.303 e. The summed E-state index contributed by atoms with van der Waals surface area (Å²) in [4.78, 5) is 23.6. The van der Waals surface area contributed by atoms with Crippen LogP contribution in [0.5, 0.6) is 0 Å². The molecular weight excluding hydrogens is 400 g/mol. The molecule has 0 saturated carbocycles. The molecule has 0 radical (unpaired) electrons. The largest absolute Gasteiger partial charge is 0.453 e. The Morgan fingerprint density at radius 1 is 0.906 bits per heavy atom. The first-order chi connectivity index (χ1) is 15.6. The van der Waals surface area contributed by atoms with Gasteiger partial charge in [0.05, 0.1) is 5.54 Å². The van der Waals surface area contributed by atoms with E-state index in [1.165, 1.54) is 6.92 Å². The highest BCUT2D eigenvalue weighted by Gasteiger charge is 2.46. The molecule has 5 heteroatoms. The van der Waals surface area contributed by atoms with Gasteiger partial charge >= 0.3 is 5.97 Å². The van der Waals surface area contributed by atoms with Crippen LogP contribution in [0.15, 0.2) is 91.0 Å². The predicted octanol–water partition coefficient (Wildman–Crippen LogP) is 3.00. The Hall–Kier alpha value is -3.88. The van der Waals surface area contributed by atoms with Crippen molar-refractivity contribution in [2.45, 2.75) is 24.5 Å². The van der Waals surface area contributed by atoms with E-state index in [-0.39, 0.29) is 18.5 Å². The molecule has 0 aromatic heterocycles. The van der Waals surface area contributed by atoms with Crippen molar-refractivity contribution in [3.63, 3.8) is 0 Å². The van der Waals surface area contributed by atoms with Crippen molar-refractivity contribution in [3.8, 4) is 11.8 Å². The molecule has 2 atom stereocenters. The van der Waals surface area contributed by atoms with Crippen LogP contribution in [0.3, 0.4) is 0 Å². The number of nitrogens with one attached hydrogen (secondary N) is 2. The van der Waals surface area contributed by atoms with Gasteiger partial charge in [-0.1, -0.05) is 103 Å². The van der Waals surface area contributed by atoms with Crippen LogP contribution in [0.4, 0.5) is 0 Å². The van der Waals surface area contributed by atoms with Crippen LogP contribution >= 0.6 is 0 Å². The molecule has 1 heterocycles. The molecule has 3 aromatic rings. The van der Waals surface area contributed by atoms with Gasteiger partial charge in [0, 0.05) is 6.92 Å². The standard InChI is InChI=1S/C27H24N2O3/c1-20(30)32-19-11-18-24-25(26(31)28-24)29-27(21-12-5-2-6-13-21,22-14-7-3-8-15-22)23-16-9-4-10-17-23/h2-10,12-17,24-25,29H,19H2,1H3,(H,28,31). The molecule has 4 rings (SSSR count). The monoisotopic (exact) mass is 424 g/mol. The Bertz CT molecular complexity index is 1040. The second-order valence-electron chi connectivity index (χ2n) is 7.56. The van der Waals surface area contributed by atoms with E-state index >= 15 is 0 Å². The van der Waals surface area contributed by atoms with E-state index in [4.69, 9.17) is 4.74 Å². The maximum atomic E-state index is 12.6. The van der Waals surface area contributed by atoms with Crippen LogP contribution in [0.25, 0.3) is 0 Å². The third kappa shape index (κ3) is 4.27. The highest BCUT2D eigenvalue weighted by molar-refractivity contribution is 5.91. The lowest BCUT2D eigenvalue weighted by Gasteiger charge is -2.44. The normalized spacial score (nSPS) is 17.3. The minimum atomic E-state index is -0.762. The number of benzene rings is 3. The molecule has 5 nitrogen and oxygen atoms in total. The number of rotatable bonds is 6. The summed E-state index contributed by atoms with van der Waals surface area (Å²) in [6.07, 6.45) is 0. The zero-order valence-electron chi connectivity index (χ0n) is 17.7. The van der Waals surface area contributed by atoms with Gasteiger partial charge in [0.15, 0.2) is 6.61 Å². The van der Waals surface area contributed by atoms with E-state index in [2.05, 4.69) is 58.9 Å². The summed E-state index contributed by atoms with van der Waals surface area (Å²) in [5.74, 6) is 5.33. The maximum Gasteiger partial charge on any atom is 0.303 e. The highest BCUT2D eigenvalue weighted by atomic mass is 16.5. The van der Waals surface area contributed by atoms with Crippen LogP contribution in [-0.2, 0) is 19.9 Å². The van der Waals surface area contributed by atoms with Gasteiger partial charge in [-0.2, -0.15) is 0 Å². The summed E-state index contributed by atoms with van der Waals surface area (Å²) in [5.41, 5.74) is 2.29. The lowest BCUT2D eigenvalue weighted by molar-refractivity contribution is -0.139. The first kappa shape index (κ1) is 21.4. The fourth-order valence-corrected chi connectivity index (χ4v) is 3.99. The summed E-state index contributed by atoms with van der Waals surface area (Å²) in [5, 5.41) is 6.49. The van der Waals surface area contributed by atoms with Crippen LogP contribution in [0, 0.1) is 11.8 Å². The van der Waals surface area contributed by atoms with E-state index in [0.29, 0.717) is 0 Å². The Labute approximate surface area is 187 Å². The topological polar surface area (TPSA) is 67.4 Å². The third-order valence-electron chi connectivity index (χ3n) is 5.51. The van der Waals surface area contributed by atoms with E-state index in [0.717, 1.165) is 16.7 Å². The highest BCUT2D eigenvalue weighted by Crippen LogP contribution is 2.38. The number of ether oxygens (including phenoxy) is 1. The molecule has 2 unspecified atom stereocenters. The SMILES string of the molecule is CC(=O)OCC#CC1NC(=O)C1NC(c1ccccc1)(c1ccccc1)c1ccccc1. The van der Waals surface area contributed by atoms with Gasteiger partial charge in [-0.05, 0) is 16.7 Å². The van der Waals surface area contributed by atoms with E-state index in [9.17, 15) is 9.59 Å². The number of carbonyl (C=O) groups is 2. The fraction of sp³-hybridized carbons (Fsp3) is 0.185. The molecule has 160 valence electrons. The molecule has 0 aliphatic carbocycles. The summed E-state index contributed by atoms with van der Waals surface area (Å²) in [6.45, 7) is 1.33. The van der Waals surface area contributed by atoms with Gasteiger partial charge in [-0.15, -0.1) is 0 Å². The molecule has 2 N–H and O–H groups in total. The lowest BCUT2D eigenvalue weighted by Crippen LogP contribution is -2.71. The predicted molar refractivity (Wildman–Crippen MR) is 122 cm³/mol. The third-order valence-corrected chi connectivity index (χ3v) is 5.51. The molecule has 32 heavy (non-hydrogen) atoms. The maximum absolute atomic E-state index is 12.6. The number of amides is 1. The van der Waals surface area contributed by atoms with E-state index < -0.39 is 17.6 Å².